The van der Waals surface area contributed by atoms with Crippen molar-refractivity contribution in [2.75, 3.05) is 44.9 Å². The molecule has 3 amide bonds. The zero-order valence-corrected chi connectivity index (χ0v) is 77.6. The second kappa shape index (κ2) is 33.6. The maximum atomic E-state index is 13.7. The molecule has 17 aliphatic rings. The van der Waals surface area contributed by atoms with Gasteiger partial charge in [0.05, 0.1) is 49.8 Å². The summed E-state index contributed by atoms with van der Waals surface area (Å²) in [6.45, 7) is 12.0. The smallest absolute Gasteiger partial charge is 0.245 e. The van der Waals surface area contributed by atoms with Gasteiger partial charge in [-0.2, -0.15) is 17.2 Å². The van der Waals surface area contributed by atoms with Crippen molar-refractivity contribution in [3.63, 3.8) is 0 Å². The number of amides is 3. The summed E-state index contributed by atoms with van der Waals surface area (Å²) in [6.07, 6.45) is 21.6. The third-order valence-electron chi connectivity index (χ3n) is 34.0. The van der Waals surface area contributed by atoms with E-state index in [4.69, 9.17) is 46.0 Å². The minimum Gasteiger partial charge on any atom is -0.398 e. The minimum atomic E-state index is -3.95. The molecule has 17 saturated carbocycles. The van der Waals surface area contributed by atoms with Crippen molar-refractivity contribution in [1.29, 1.82) is 0 Å². The van der Waals surface area contributed by atoms with E-state index in [1.54, 1.807) is 121 Å². The Morgan fingerprint density at radius 2 is 0.677 bits per heavy atom. The first-order valence-electron chi connectivity index (χ1n) is 44.9. The van der Waals surface area contributed by atoms with E-state index in [-0.39, 0.29) is 118 Å². The lowest BCUT2D eigenvalue weighted by molar-refractivity contribution is -0.159. The Hall–Kier alpha value is -6.74. The summed E-state index contributed by atoms with van der Waals surface area (Å²) in [5.74, 6) is 4.88. The van der Waals surface area contributed by atoms with E-state index in [9.17, 15) is 72.3 Å². The monoisotopic (exact) mass is 1810 g/mol. The molecule has 13 N–H and O–H groups in total. The number of rotatable bonds is 28. The van der Waals surface area contributed by atoms with Gasteiger partial charge in [-0.1, -0.05) is 67.1 Å². The summed E-state index contributed by atoms with van der Waals surface area (Å²) < 4.78 is 111. The Balaban J connectivity index is 0.000000135. The number of primary amides is 3. The molecule has 16 bridgehead atoms. The van der Waals surface area contributed by atoms with Gasteiger partial charge in [0.1, 0.15) is 19.6 Å². The summed E-state index contributed by atoms with van der Waals surface area (Å²) in [6, 6.07) is 25.4. The lowest BCUT2D eigenvalue weighted by Gasteiger charge is -2.59. The van der Waals surface area contributed by atoms with Crippen molar-refractivity contribution >= 4 is 110 Å². The third-order valence-corrected chi connectivity index (χ3v) is 42.9. The molecule has 26 nitrogen and oxygen atoms in total. The number of aliphatic hydroxyl groups is 1. The van der Waals surface area contributed by atoms with Crippen LogP contribution in [0.1, 0.15) is 222 Å². The van der Waals surface area contributed by atoms with E-state index in [1.807, 2.05) is 0 Å². The summed E-state index contributed by atoms with van der Waals surface area (Å²) >= 11 is 6.19. The zero-order chi connectivity index (χ0) is 90.3. The summed E-state index contributed by atoms with van der Waals surface area (Å²) in [5, 5.41) is 10.9. The molecule has 0 spiro atoms. The molecule has 8 atom stereocenters. The lowest BCUT2D eigenvalue weighted by atomic mass is 9.45. The van der Waals surface area contributed by atoms with Gasteiger partial charge >= 0.3 is 0 Å². The van der Waals surface area contributed by atoms with Crippen LogP contribution >= 0.6 is 11.6 Å². The van der Waals surface area contributed by atoms with Crippen LogP contribution in [-0.4, -0.2) is 152 Å². The number of nitrogens with zero attached hydrogens (tertiary/aromatic N) is 4. The summed E-state index contributed by atoms with van der Waals surface area (Å²) in [4.78, 5) is 90.8. The fourth-order valence-electron chi connectivity index (χ4n) is 27.3. The van der Waals surface area contributed by atoms with Gasteiger partial charge in [0.15, 0.2) is 23.1 Å². The molecule has 0 aromatic heterocycles. The molecular weight excluding hydrogens is 1680 g/mol. The Morgan fingerprint density at radius 3 is 0.968 bits per heavy atom. The van der Waals surface area contributed by atoms with Crippen molar-refractivity contribution in [1.82, 2.24) is 17.2 Å². The number of Topliss-reactive ketones (excluding diaryl/α,β-unsaturated/α-hetero) is 4. The first-order valence-corrected chi connectivity index (χ1v) is 51.0. The van der Waals surface area contributed by atoms with Crippen LogP contribution in [0, 0.1) is 111 Å². The largest absolute Gasteiger partial charge is 0.398 e. The summed E-state index contributed by atoms with van der Waals surface area (Å²) in [5.41, 5.74) is 29.4. The van der Waals surface area contributed by atoms with E-state index < -0.39 is 78.7 Å². The van der Waals surface area contributed by atoms with E-state index in [0.29, 0.717) is 110 Å². The van der Waals surface area contributed by atoms with E-state index in [1.165, 1.54) is 54.0 Å². The van der Waals surface area contributed by atoms with Crippen LogP contribution < -0.4 is 34.4 Å². The number of ketones is 4. The number of nitrogens with two attached hydrogens (primary N) is 6. The third kappa shape index (κ3) is 16.6. The van der Waals surface area contributed by atoms with Crippen molar-refractivity contribution in [2.24, 2.45) is 128 Å². The van der Waals surface area contributed by atoms with Gasteiger partial charge in [-0.15, -0.1) is 0 Å². The van der Waals surface area contributed by atoms with E-state index in [2.05, 4.69) is 0 Å². The van der Waals surface area contributed by atoms with Gasteiger partial charge in [0, 0.05) is 69.6 Å². The lowest BCUT2D eigenvalue weighted by Crippen LogP contribution is -2.61. The maximum Gasteiger partial charge on any atom is 0.245 e. The average Bonchev–Trinajstić information content (AvgIpc) is 0.728. The molecule has 124 heavy (non-hydrogen) atoms. The van der Waals surface area contributed by atoms with Crippen molar-refractivity contribution in [3.8, 4) is 0 Å². The number of hydrogen-bond acceptors (Lipinski definition) is 19. The molecule has 4 aromatic carbocycles. The van der Waals surface area contributed by atoms with Crippen LogP contribution in [-0.2, 0) is 73.7 Å². The predicted octanol–water partition coefficient (Wildman–Crippen LogP) is 12.1. The minimum absolute atomic E-state index is 0.0106. The van der Waals surface area contributed by atoms with E-state index >= 15 is 0 Å². The number of carbonyl (C=O) groups is 7. The Morgan fingerprint density at radius 1 is 0.395 bits per heavy atom. The number of carbonyl (C=O) groups excluding carboxylic acids is 7. The fraction of sp³-hybridized carbons (Fsp3) is 0.667. The predicted molar refractivity (Wildman–Crippen MR) is 474 cm³/mol. The van der Waals surface area contributed by atoms with Crippen LogP contribution in [0.15, 0.2) is 117 Å². The number of anilines is 3. The summed E-state index contributed by atoms with van der Waals surface area (Å²) in [7, 11) is -11.2. The number of halogens is 1. The first kappa shape index (κ1) is 93.4. The molecule has 0 radical (unpaired) electrons. The fourth-order valence-corrected chi connectivity index (χ4v) is 34.5. The molecular formula is C93H131ClN10O16S4. The van der Waals surface area contributed by atoms with Crippen molar-refractivity contribution < 1.29 is 72.3 Å². The van der Waals surface area contributed by atoms with Gasteiger partial charge in [0.25, 0.3) is 0 Å². The number of para-hydroxylation sites is 3. The Labute approximate surface area is 738 Å². The molecule has 8 unspecified atom stereocenters. The molecule has 17 fully saturated rings. The van der Waals surface area contributed by atoms with Gasteiger partial charge in [-0.25, -0.2) is 33.7 Å². The normalized spacial score (nSPS) is 33.3. The van der Waals surface area contributed by atoms with E-state index in [0.717, 1.165) is 143 Å². The van der Waals surface area contributed by atoms with Gasteiger partial charge in [-0.05, 0) is 332 Å². The highest BCUT2D eigenvalue weighted by atomic mass is 35.5. The van der Waals surface area contributed by atoms with Gasteiger partial charge in [0.2, 0.25) is 57.8 Å². The van der Waals surface area contributed by atoms with Gasteiger partial charge in [-0.3, -0.25) is 33.6 Å². The Bertz CT molecular complexity index is 5290. The van der Waals surface area contributed by atoms with Crippen molar-refractivity contribution in [2.45, 2.75) is 269 Å². The second-order valence-corrected chi connectivity index (χ2v) is 49.9. The highest BCUT2D eigenvalue weighted by Crippen LogP contribution is 2.67. The SMILES string of the molecule is CCN(C(C)(C)C(=O)CC1C2CC3CC1CC(C(N)=O)(C3)C2)S(=O)(=O)c1ccccc1Cl.CN(C(C)(C)C(=O)CC1C2CC3CC1CC(C(N)=O)(C3)C2)S(=O)(=O)c1ccccc1N.CN(C(C)(C)C(=O)CC1C2CC3CC1CC(O)(C3)C2)S(=O)(=O)c1ccccc1N.CN(C1(C(=O)CC2C3CC4CC2CC(C(N)=O)(C4)C3)CCC1)S(=O)(=O)c1ccccc1N. The average molecular weight is 1810 g/mol. The van der Waals surface area contributed by atoms with Gasteiger partial charge < -0.3 is 39.5 Å². The number of hydrogen-bond donors (Lipinski definition) is 7. The topological polar surface area (TPSA) is 445 Å². The molecule has 0 saturated heterocycles. The van der Waals surface area contributed by atoms with Crippen LogP contribution in [0.4, 0.5) is 17.1 Å². The highest BCUT2D eigenvalue weighted by molar-refractivity contribution is 7.90. The quantitative estimate of drug-likeness (QED) is 0.0260. The molecule has 0 heterocycles. The molecule has 0 aliphatic heterocycles. The molecule has 31 heteroatoms. The standard InChI is InChI=1S/C24H33ClN2O4S.C24H33N3O4S.C23H33N3O4S.C22H32N2O4S/c1-4-27(32(30,31)20-8-6-5-7-19(20)25)23(2,3)21(28)11-18-16-9-15-10-17(18)14-24(12-15,13-16)22(26)29;1-27(32(30,31)20-6-3-2-5-19(20)25)24(7-4-8-24)21(28)11-18-16-9-15-10-17(18)14-23(12-15,13-16)22(26)29;1-22(2,26(3)31(29,30)19-7-5-4-6-18(19)24)20(27)10-17-15-8-14-9-16(17)13-23(11-14,12-15)21(25)28;1-21(2,24(3)29(27,28)19-7-5-4-6-18(19)23)20(25)10-17-15-8-14-9-16(17)13-22(26,11-14)12-15/h5-8,15-18H,4,9-14H2,1-3H3,(H2,26,29);2-3,5-6,15-18H,4,7-14,25H2,1H3,(H2,26,29);4-7,14-17H,8-13,24H2,1-3H3,(H2,25,28);4-7,14-17,26H,8-13,23H2,1-3H3. The number of benzene rings is 4. The van der Waals surface area contributed by atoms with Crippen LogP contribution in [0.5, 0.6) is 0 Å². The first-order chi connectivity index (χ1) is 57.8. The molecule has 4 aromatic rings. The number of likely N-dealkylation sites (N-methyl/N-ethyl adjacent to an activating group) is 4. The van der Waals surface area contributed by atoms with Crippen LogP contribution in [0.25, 0.3) is 0 Å². The zero-order valence-electron chi connectivity index (χ0n) is 73.6. The number of sulfonamides is 4. The second-order valence-electron chi connectivity index (χ2n) is 41.9. The molecule has 21 rings (SSSR count). The van der Waals surface area contributed by atoms with Crippen LogP contribution in [0.2, 0.25) is 5.02 Å². The molecule has 680 valence electrons. The highest BCUT2D eigenvalue weighted by Gasteiger charge is 2.64. The van der Waals surface area contributed by atoms with Crippen LogP contribution in [0.3, 0.4) is 0 Å². The van der Waals surface area contributed by atoms with Crippen molar-refractivity contribution in [3.05, 3.63) is 102 Å². The maximum absolute atomic E-state index is 13.7. The molecule has 17 aliphatic carbocycles. The number of nitrogen functional groups attached to an aromatic ring is 3. The Kier molecular flexibility index (Phi) is 25.3.